The van der Waals surface area contributed by atoms with E-state index in [0.717, 1.165) is 10.1 Å². The highest BCUT2D eigenvalue weighted by Gasteiger charge is 2.01. The molecule has 2 rings (SSSR count). The lowest BCUT2D eigenvalue weighted by Gasteiger charge is -2.06. The van der Waals surface area contributed by atoms with Crippen molar-refractivity contribution in [1.29, 1.82) is 0 Å². The average Bonchev–Trinajstić information content (AvgIpc) is 2.33. The van der Waals surface area contributed by atoms with Gasteiger partial charge >= 0.3 is 5.69 Å². The summed E-state index contributed by atoms with van der Waals surface area (Å²) in [5.41, 5.74) is 0.324. The second-order valence-electron chi connectivity index (χ2n) is 3.75. The molecule has 0 aliphatic carbocycles. The molecule has 0 radical (unpaired) electrons. The van der Waals surface area contributed by atoms with Crippen LogP contribution in [0.2, 0.25) is 5.02 Å². The minimum absolute atomic E-state index is 0.303. The van der Waals surface area contributed by atoms with Crippen molar-refractivity contribution in [3.63, 3.8) is 0 Å². The molecule has 1 aromatic carbocycles. The van der Waals surface area contributed by atoms with Gasteiger partial charge < -0.3 is 0 Å². The van der Waals surface area contributed by atoms with Crippen LogP contribution in [0.3, 0.4) is 0 Å². The number of benzene rings is 1. The summed E-state index contributed by atoms with van der Waals surface area (Å²) in [6.07, 6.45) is 1.50. The summed E-state index contributed by atoms with van der Waals surface area (Å²) in [4.78, 5) is 23.0. The molecule has 1 heterocycles. The van der Waals surface area contributed by atoms with Crippen LogP contribution in [0.4, 0.5) is 0 Å². The molecular weight excluding hydrogens is 240 g/mol. The van der Waals surface area contributed by atoms with Crippen molar-refractivity contribution >= 4 is 11.6 Å². The first-order valence-electron chi connectivity index (χ1n) is 5.09. The van der Waals surface area contributed by atoms with Gasteiger partial charge in [-0.25, -0.2) is 4.79 Å². The molecule has 0 saturated heterocycles. The third-order valence-corrected chi connectivity index (χ3v) is 2.78. The number of hydrogen-bond donors (Lipinski definition) is 0. The SMILES string of the molecule is Cn1c(=O)ccn(Cc2ccc(Cl)cc2)c1=O. The van der Waals surface area contributed by atoms with Gasteiger partial charge in [0.05, 0.1) is 6.54 Å². The summed E-state index contributed by atoms with van der Waals surface area (Å²) in [5, 5.41) is 0.654. The number of halogens is 1. The smallest absolute Gasteiger partial charge is 0.296 e. The van der Waals surface area contributed by atoms with Gasteiger partial charge in [-0.3, -0.25) is 13.9 Å². The van der Waals surface area contributed by atoms with Crippen molar-refractivity contribution in [2.75, 3.05) is 0 Å². The van der Waals surface area contributed by atoms with E-state index in [0.29, 0.717) is 11.6 Å². The van der Waals surface area contributed by atoms with E-state index in [4.69, 9.17) is 11.6 Å². The van der Waals surface area contributed by atoms with Gasteiger partial charge in [-0.05, 0) is 17.7 Å². The Morgan fingerprint density at radius 3 is 2.41 bits per heavy atom. The van der Waals surface area contributed by atoms with Gasteiger partial charge in [0, 0.05) is 24.3 Å². The van der Waals surface area contributed by atoms with Crippen molar-refractivity contribution < 1.29 is 0 Å². The van der Waals surface area contributed by atoms with Crippen molar-refractivity contribution in [2.45, 2.75) is 6.54 Å². The van der Waals surface area contributed by atoms with Gasteiger partial charge in [-0.2, -0.15) is 0 Å². The van der Waals surface area contributed by atoms with E-state index in [9.17, 15) is 9.59 Å². The Morgan fingerprint density at radius 1 is 1.12 bits per heavy atom. The molecule has 88 valence electrons. The van der Waals surface area contributed by atoms with Gasteiger partial charge in [0.25, 0.3) is 5.56 Å². The van der Waals surface area contributed by atoms with Gasteiger partial charge in [0.1, 0.15) is 0 Å². The van der Waals surface area contributed by atoms with Crippen LogP contribution in [0.1, 0.15) is 5.56 Å². The number of aromatic nitrogens is 2. The Hall–Kier alpha value is -1.81. The minimum atomic E-state index is -0.326. The zero-order valence-corrected chi connectivity index (χ0v) is 10.0. The number of rotatable bonds is 2. The highest BCUT2D eigenvalue weighted by atomic mass is 35.5. The highest BCUT2D eigenvalue weighted by molar-refractivity contribution is 6.30. The highest BCUT2D eigenvalue weighted by Crippen LogP contribution is 2.09. The summed E-state index contributed by atoms with van der Waals surface area (Å²) in [6, 6.07) is 8.60. The van der Waals surface area contributed by atoms with Crippen LogP contribution in [0.5, 0.6) is 0 Å². The topological polar surface area (TPSA) is 44.0 Å². The lowest BCUT2D eigenvalue weighted by Crippen LogP contribution is -2.37. The Labute approximate surface area is 103 Å². The molecule has 0 fully saturated rings. The van der Waals surface area contributed by atoms with Gasteiger partial charge in [0.2, 0.25) is 0 Å². The maximum absolute atomic E-state index is 11.8. The zero-order chi connectivity index (χ0) is 12.4. The third-order valence-electron chi connectivity index (χ3n) is 2.53. The van der Waals surface area contributed by atoms with E-state index in [-0.39, 0.29) is 11.2 Å². The quantitative estimate of drug-likeness (QED) is 0.805. The molecule has 5 heteroatoms. The molecule has 0 unspecified atom stereocenters. The monoisotopic (exact) mass is 250 g/mol. The van der Waals surface area contributed by atoms with Crippen LogP contribution in [0.15, 0.2) is 46.1 Å². The van der Waals surface area contributed by atoms with Crippen molar-refractivity contribution in [1.82, 2.24) is 9.13 Å². The Kier molecular flexibility index (Phi) is 3.15. The van der Waals surface area contributed by atoms with Gasteiger partial charge in [0.15, 0.2) is 0 Å². The van der Waals surface area contributed by atoms with Gasteiger partial charge in [-0.1, -0.05) is 23.7 Å². The first-order valence-corrected chi connectivity index (χ1v) is 5.46. The first-order chi connectivity index (χ1) is 8.08. The lowest BCUT2D eigenvalue weighted by atomic mass is 10.2. The normalized spacial score (nSPS) is 10.5. The van der Waals surface area contributed by atoms with Crippen LogP contribution in [0, 0.1) is 0 Å². The van der Waals surface area contributed by atoms with Crippen LogP contribution in [0.25, 0.3) is 0 Å². The van der Waals surface area contributed by atoms with Gasteiger partial charge in [-0.15, -0.1) is 0 Å². The summed E-state index contributed by atoms with van der Waals surface area (Å²) in [5.74, 6) is 0. The lowest BCUT2D eigenvalue weighted by molar-refractivity contribution is 0.645. The second-order valence-corrected chi connectivity index (χ2v) is 4.19. The second kappa shape index (κ2) is 4.59. The summed E-state index contributed by atoms with van der Waals surface area (Å²) in [7, 11) is 1.46. The average molecular weight is 251 g/mol. The minimum Gasteiger partial charge on any atom is -0.296 e. The first kappa shape index (κ1) is 11.7. The molecule has 0 bridgehead atoms. The Morgan fingerprint density at radius 2 is 1.76 bits per heavy atom. The fourth-order valence-corrected chi connectivity index (χ4v) is 1.65. The van der Waals surface area contributed by atoms with Crippen LogP contribution in [-0.2, 0) is 13.6 Å². The standard InChI is InChI=1S/C12H11ClN2O2/c1-14-11(16)6-7-15(12(14)17)8-9-2-4-10(13)5-3-9/h2-7H,8H2,1H3. The Balaban J connectivity index is 2.37. The summed E-state index contributed by atoms with van der Waals surface area (Å²) in [6.45, 7) is 0.421. The molecule has 0 aliphatic heterocycles. The van der Waals surface area contributed by atoms with Crippen molar-refractivity contribution in [3.05, 3.63) is 68.0 Å². The molecule has 0 atom stereocenters. The predicted octanol–water partition coefficient (Wildman–Crippen LogP) is 1.25. The van der Waals surface area contributed by atoms with E-state index in [1.54, 1.807) is 12.1 Å². The molecule has 4 nitrogen and oxygen atoms in total. The van der Waals surface area contributed by atoms with E-state index >= 15 is 0 Å². The van der Waals surface area contributed by atoms with E-state index < -0.39 is 0 Å². The summed E-state index contributed by atoms with van der Waals surface area (Å²) >= 11 is 5.78. The van der Waals surface area contributed by atoms with Crippen molar-refractivity contribution in [3.8, 4) is 0 Å². The molecule has 0 aliphatic rings. The van der Waals surface area contributed by atoms with Crippen LogP contribution >= 0.6 is 11.6 Å². The van der Waals surface area contributed by atoms with Crippen LogP contribution in [-0.4, -0.2) is 9.13 Å². The molecule has 0 spiro atoms. The van der Waals surface area contributed by atoms with E-state index in [1.165, 1.54) is 23.9 Å². The molecular formula is C12H11ClN2O2. The van der Waals surface area contributed by atoms with Crippen molar-refractivity contribution in [2.24, 2.45) is 7.05 Å². The molecule has 0 saturated carbocycles. The maximum Gasteiger partial charge on any atom is 0.331 e. The maximum atomic E-state index is 11.8. The Bertz CT molecular complexity index is 641. The van der Waals surface area contributed by atoms with E-state index in [1.807, 2.05) is 12.1 Å². The largest absolute Gasteiger partial charge is 0.331 e. The molecule has 17 heavy (non-hydrogen) atoms. The van der Waals surface area contributed by atoms with Crippen LogP contribution < -0.4 is 11.2 Å². The molecule has 0 amide bonds. The fraction of sp³-hybridized carbons (Fsp3) is 0.167. The fourth-order valence-electron chi connectivity index (χ4n) is 1.52. The summed E-state index contributed by atoms with van der Waals surface area (Å²) < 4.78 is 2.56. The predicted molar refractivity (Wildman–Crippen MR) is 66.5 cm³/mol. The molecule has 2 aromatic rings. The third kappa shape index (κ3) is 2.47. The number of hydrogen-bond acceptors (Lipinski definition) is 2. The van der Waals surface area contributed by atoms with E-state index in [2.05, 4.69) is 0 Å². The molecule has 0 N–H and O–H groups in total. The zero-order valence-electron chi connectivity index (χ0n) is 9.26. The number of nitrogens with zero attached hydrogens (tertiary/aromatic N) is 2. The molecule has 1 aromatic heterocycles.